The second kappa shape index (κ2) is 8.22. The van der Waals surface area contributed by atoms with Crippen molar-refractivity contribution in [2.45, 2.75) is 32.9 Å². The number of furan rings is 1. The first-order valence-electron chi connectivity index (χ1n) is 6.86. The van der Waals surface area contributed by atoms with Crippen LogP contribution in [0.3, 0.4) is 0 Å². The van der Waals surface area contributed by atoms with E-state index in [-0.39, 0.29) is 18.0 Å². The molecule has 120 valence electrons. The van der Waals surface area contributed by atoms with Crippen molar-refractivity contribution >= 4 is 30.0 Å². The van der Waals surface area contributed by atoms with Gasteiger partial charge < -0.3 is 14.8 Å². The molecule has 0 fully saturated rings. The summed E-state index contributed by atoms with van der Waals surface area (Å²) < 4.78 is 5.74. The van der Waals surface area contributed by atoms with E-state index in [2.05, 4.69) is 19.2 Å². The SMILES string of the molecule is CCC(C)NCc1ccc(-c2cc(C(=O)O)ccc2Cl)o1.Cl. The lowest BCUT2D eigenvalue weighted by Gasteiger charge is -2.09. The smallest absolute Gasteiger partial charge is 0.335 e. The predicted octanol–water partition coefficient (Wildman–Crippen LogP) is 4.61. The van der Waals surface area contributed by atoms with Crippen molar-refractivity contribution in [3.63, 3.8) is 0 Å². The van der Waals surface area contributed by atoms with Gasteiger partial charge in [0, 0.05) is 11.6 Å². The lowest BCUT2D eigenvalue weighted by atomic mass is 10.1. The molecule has 0 radical (unpaired) electrons. The molecule has 1 aromatic heterocycles. The van der Waals surface area contributed by atoms with E-state index in [4.69, 9.17) is 21.1 Å². The molecule has 0 aliphatic rings. The third kappa shape index (κ3) is 4.50. The average Bonchev–Trinajstić information content (AvgIpc) is 2.93. The molecule has 0 saturated carbocycles. The van der Waals surface area contributed by atoms with E-state index >= 15 is 0 Å². The van der Waals surface area contributed by atoms with Crippen molar-refractivity contribution in [3.8, 4) is 11.3 Å². The van der Waals surface area contributed by atoms with E-state index in [1.165, 1.54) is 12.1 Å². The maximum absolute atomic E-state index is 11.0. The van der Waals surface area contributed by atoms with Crippen molar-refractivity contribution in [1.29, 1.82) is 0 Å². The first-order chi connectivity index (χ1) is 10.0. The number of aromatic carboxylic acids is 1. The molecular formula is C16H19Cl2NO3. The van der Waals surface area contributed by atoms with E-state index in [0.29, 0.717) is 28.9 Å². The molecule has 4 nitrogen and oxygen atoms in total. The molecule has 22 heavy (non-hydrogen) atoms. The second-order valence-corrected chi connectivity index (χ2v) is 5.36. The minimum absolute atomic E-state index is 0. The van der Waals surface area contributed by atoms with Crippen molar-refractivity contribution < 1.29 is 14.3 Å². The molecule has 0 spiro atoms. The number of rotatable bonds is 6. The van der Waals surface area contributed by atoms with Crippen LogP contribution in [0.25, 0.3) is 11.3 Å². The zero-order chi connectivity index (χ0) is 15.4. The van der Waals surface area contributed by atoms with E-state index in [1.807, 2.05) is 6.07 Å². The number of halogens is 2. The Morgan fingerprint density at radius 2 is 2.09 bits per heavy atom. The molecule has 1 aromatic carbocycles. The van der Waals surface area contributed by atoms with Crippen molar-refractivity contribution in [1.82, 2.24) is 5.32 Å². The van der Waals surface area contributed by atoms with E-state index in [1.54, 1.807) is 12.1 Å². The lowest BCUT2D eigenvalue weighted by molar-refractivity contribution is 0.0697. The van der Waals surface area contributed by atoms with Gasteiger partial charge in [-0.05, 0) is 43.7 Å². The Hall–Kier alpha value is -1.49. The van der Waals surface area contributed by atoms with Crippen LogP contribution >= 0.6 is 24.0 Å². The number of carbonyl (C=O) groups is 1. The van der Waals surface area contributed by atoms with Gasteiger partial charge in [-0.3, -0.25) is 0 Å². The molecule has 1 atom stereocenters. The van der Waals surface area contributed by atoms with Gasteiger partial charge in [-0.1, -0.05) is 18.5 Å². The van der Waals surface area contributed by atoms with Gasteiger partial charge in [-0.2, -0.15) is 0 Å². The monoisotopic (exact) mass is 343 g/mol. The Bertz CT molecular complexity index is 640. The molecule has 0 amide bonds. The van der Waals surface area contributed by atoms with Crippen LogP contribution in [0.1, 0.15) is 36.4 Å². The van der Waals surface area contributed by atoms with Gasteiger partial charge in [0.1, 0.15) is 11.5 Å². The Balaban J connectivity index is 0.00000242. The summed E-state index contributed by atoms with van der Waals surface area (Å²) in [7, 11) is 0. The number of carboxylic acid groups (broad SMARTS) is 1. The van der Waals surface area contributed by atoms with Crippen molar-refractivity contribution in [3.05, 3.63) is 46.7 Å². The van der Waals surface area contributed by atoms with Crippen LogP contribution in [-0.2, 0) is 6.54 Å². The molecule has 2 aromatic rings. The molecule has 2 rings (SSSR count). The van der Waals surface area contributed by atoms with Gasteiger partial charge in [-0.25, -0.2) is 4.79 Å². The zero-order valence-corrected chi connectivity index (χ0v) is 14.0. The van der Waals surface area contributed by atoms with E-state index in [9.17, 15) is 4.79 Å². The largest absolute Gasteiger partial charge is 0.478 e. The summed E-state index contributed by atoms with van der Waals surface area (Å²) in [5.74, 6) is 0.379. The molecule has 2 N–H and O–H groups in total. The zero-order valence-electron chi connectivity index (χ0n) is 12.4. The molecule has 1 unspecified atom stereocenters. The minimum Gasteiger partial charge on any atom is -0.478 e. The van der Waals surface area contributed by atoms with Crippen LogP contribution < -0.4 is 5.32 Å². The van der Waals surface area contributed by atoms with Crippen LogP contribution in [0.5, 0.6) is 0 Å². The molecule has 0 aliphatic heterocycles. The molecule has 1 heterocycles. The van der Waals surface area contributed by atoms with E-state index in [0.717, 1.165) is 12.2 Å². The van der Waals surface area contributed by atoms with Crippen LogP contribution in [0.4, 0.5) is 0 Å². The Labute approximate surface area is 140 Å². The van der Waals surface area contributed by atoms with E-state index < -0.39 is 5.97 Å². The average molecular weight is 344 g/mol. The highest BCUT2D eigenvalue weighted by Crippen LogP contribution is 2.30. The molecule has 0 aliphatic carbocycles. The predicted molar refractivity (Wildman–Crippen MR) is 90.0 cm³/mol. The van der Waals surface area contributed by atoms with Gasteiger partial charge in [0.05, 0.1) is 17.1 Å². The fourth-order valence-electron chi connectivity index (χ4n) is 1.88. The second-order valence-electron chi connectivity index (χ2n) is 4.96. The van der Waals surface area contributed by atoms with Gasteiger partial charge in [-0.15, -0.1) is 12.4 Å². The maximum Gasteiger partial charge on any atom is 0.335 e. The molecule has 0 saturated heterocycles. The quantitative estimate of drug-likeness (QED) is 0.803. The van der Waals surface area contributed by atoms with Crippen molar-refractivity contribution in [2.75, 3.05) is 0 Å². The summed E-state index contributed by atoms with van der Waals surface area (Å²) in [6.07, 6.45) is 1.04. The fraction of sp³-hybridized carbons (Fsp3) is 0.312. The molecular weight excluding hydrogens is 325 g/mol. The summed E-state index contributed by atoms with van der Waals surface area (Å²) in [4.78, 5) is 11.0. The van der Waals surface area contributed by atoms with Gasteiger partial charge in [0.2, 0.25) is 0 Å². The third-order valence-electron chi connectivity index (χ3n) is 3.38. The summed E-state index contributed by atoms with van der Waals surface area (Å²) in [5.41, 5.74) is 0.774. The number of carboxylic acids is 1. The van der Waals surface area contributed by atoms with Crippen LogP contribution in [0, 0.1) is 0 Å². The number of hydrogen-bond acceptors (Lipinski definition) is 3. The van der Waals surface area contributed by atoms with Crippen LogP contribution in [0.15, 0.2) is 34.7 Å². The molecule has 6 heteroatoms. The standard InChI is InChI=1S/C16H18ClNO3.ClH/c1-3-10(2)18-9-12-5-7-15(21-12)13-8-11(16(19)20)4-6-14(13)17;/h4-8,10,18H,3,9H2,1-2H3,(H,19,20);1H. The number of benzene rings is 1. The fourth-order valence-corrected chi connectivity index (χ4v) is 2.09. The van der Waals surface area contributed by atoms with Gasteiger partial charge in [0.15, 0.2) is 0 Å². The van der Waals surface area contributed by atoms with Crippen LogP contribution in [-0.4, -0.2) is 17.1 Å². The summed E-state index contributed by atoms with van der Waals surface area (Å²) in [6, 6.07) is 8.66. The Morgan fingerprint density at radius 1 is 1.36 bits per heavy atom. The van der Waals surface area contributed by atoms with Gasteiger partial charge >= 0.3 is 5.97 Å². The van der Waals surface area contributed by atoms with Crippen molar-refractivity contribution in [2.24, 2.45) is 0 Å². The summed E-state index contributed by atoms with van der Waals surface area (Å²) in [5, 5.41) is 12.8. The highest BCUT2D eigenvalue weighted by Gasteiger charge is 2.12. The Kier molecular flexibility index (Phi) is 6.94. The molecule has 0 bridgehead atoms. The van der Waals surface area contributed by atoms with Gasteiger partial charge in [0.25, 0.3) is 0 Å². The third-order valence-corrected chi connectivity index (χ3v) is 3.71. The summed E-state index contributed by atoms with van der Waals surface area (Å²) >= 11 is 6.13. The minimum atomic E-state index is -0.988. The lowest BCUT2D eigenvalue weighted by Crippen LogP contribution is -2.24. The summed E-state index contributed by atoms with van der Waals surface area (Å²) in [6.45, 7) is 4.85. The van der Waals surface area contributed by atoms with Crippen LogP contribution in [0.2, 0.25) is 5.02 Å². The first-order valence-corrected chi connectivity index (χ1v) is 7.24. The highest BCUT2D eigenvalue weighted by atomic mass is 35.5. The number of nitrogens with one attached hydrogen (secondary N) is 1. The first kappa shape index (κ1) is 18.6. The highest BCUT2D eigenvalue weighted by molar-refractivity contribution is 6.33. The maximum atomic E-state index is 11.0. The Morgan fingerprint density at radius 3 is 2.73 bits per heavy atom. The number of hydrogen-bond donors (Lipinski definition) is 2. The normalized spacial score (nSPS) is 11.8. The topological polar surface area (TPSA) is 62.5 Å².